The third kappa shape index (κ3) is 4.25. The van der Waals surface area contributed by atoms with Gasteiger partial charge in [0, 0.05) is 30.9 Å². The zero-order valence-corrected chi connectivity index (χ0v) is 16.9. The standard InChI is InChI=1S/C18H18ClN3O6S/c1-29(27,28)21-9-12-4-2-3-5-17(12)20(10-14(21)11-23)18(24)15-7-6-13(22(25)26)8-16(15)19/h2-8,14,23H,9-11H2,1H3/t14-/m0/s1. The molecular weight excluding hydrogens is 422 g/mol. The van der Waals surface area contributed by atoms with Crippen molar-refractivity contribution in [1.82, 2.24) is 4.31 Å². The number of hydrogen-bond acceptors (Lipinski definition) is 6. The molecule has 1 N–H and O–H groups in total. The number of sulfonamides is 1. The van der Waals surface area contributed by atoms with Crippen LogP contribution in [-0.2, 0) is 16.6 Å². The summed E-state index contributed by atoms with van der Waals surface area (Å²) in [5, 5.41) is 20.6. The minimum absolute atomic E-state index is 0.00198. The molecule has 0 aliphatic carbocycles. The molecule has 0 saturated heterocycles. The molecule has 29 heavy (non-hydrogen) atoms. The van der Waals surface area contributed by atoms with Crippen molar-refractivity contribution in [2.75, 3.05) is 24.3 Å². The Morgan fingerprint density at radius 1 is 1.31 bits per heavy atom. The fraction of sp³-hybridized carbons (Fsp3) is 0.278. The second-order valence-corrected chi connectivity index (χ2v) is 8.95. The number of para-hydroxylation sites is 1. The molecule has 0 unspecified atom stereocenters. The molecular formula is C18H18ClN3O6S. The van der Waals surface area contributed by atoms with Gasteiger partial charge in [0.1, 0.15) is 0 Å². The van der Waals surface area contributed by atoms with E-state index < -0.39 is 33.5 Å². The van der Waals surface area contributed by atoms with Crippen molar-refractivity contribution >= 4 is 38.9 Å². The van der Waals surface area contributed by atoms with Gasteiger partial charge in [0.05, 0.1) is 34.4 Å². The first kappa shape index (κ1) is 21.2. The normalized spacial score (nSPS) is 17.5. The van der Waals surface area contributed by atoms with Crippen molar-refractivity contribution in [3.05, 3.63) is 68.7 Å². The molecule has 3 rings (SSSR count). The molecule has 0 aromatic heterocycles. The molecule has 11 heteroatoms. The van der Waals surface area contributed by atoms with Crippen LogP contribution in [0.5, 0.6) is 0 Å². The third-order valence-electron chi connectivity index (χ3n) is 4.68. The number of nitro benzene ring substituents is 1. The Balaban J connectivity index is 2.08. The molecule has 2 aromatic rings. The molecule has 0 bridgehead atoms. The summed E-state index contributed by atoms with van der Waals surface area (Å²) in [6, 6.07) is 9.47. The maximum atomic E-state index is 13.3. The van der Waals surface area contributed by atoms with Crippen LogP contribution in [0.1, 0.15) is 15.9 Å². The number of nitrogens with zero attached hydrogens (tertiary/aromatic N) is 3. The first-order valence-corrected chi connectivity index (χ1v) is 10.8. The average molecular weight is 440 g/mol. The van der Waals surface area contributed by atoms with E-state index in [2.05, 4.69) is 0 Å². The molecule has 154 valence electrons. The second-order valence-electron chi connectivity index (χ2n) is 6.61. The predicted molar refractivity (Wildman–Crippen MR) is 107 cm³/mol. The van der Waals surface area contributed by atoms with Crippen LogP contribution in [-0.4, -0.2) is 54.1 Å². The number of benzene rings is 2. The number of nitro groups is 1. The number of aliphatic hydroxyl groups excluding tert-OH is 1. The highest BCUT2D eigenvalue weighted by Crippen LogP contribution is 2.31. The van der Waals surface area contributed by atoms with Gasteiger partial charge in [0.15, 0.2) is 0 Å². The summed E-state index contributed by atoms with van der Waals surface area (Å²) in [5.74, 6) is -0.550. The van der Waals surface area contributed by atoms with Crippen LogP contribution >= 0.6 is 11.6 Å². The minimum Gasteiger partial charge on any atom is -0.395 e. The Morgan fingerprint density at radius 2 is 2.00 bits per heavy atom. The maximum absolute atomic E-state index is 13.3. The third-order valence-corrected chi connectivity index (χ3v) is 6.28. The number of fused-ring (bicyclic) bond motifs is 1. The van der Waals surface area contributed by atoms with E-state index in [0.29, 0.717) is 11.3 Å². The van der Waals surface area contributed by atoms with Crippen molar-refractivity contribution < 1.29 is 23.2 Å². The predicted octanol–water partition coefficient (Wildman–Crippen LogP) is 2.03. The number of anilines is 1. The molecule has 1 aliphatic heterocycles. The van der Waals surface area contributed by atoms with E-state index in [4.69, 9.17) is 11.6 Å². The van der Waals surface area contributed by atoms with Crippen LogP contribution in [0.15, 0.2) is 42.5 Å². The topological polar surface area (TPSA) is 121 Å². The van der Waals surface area contributed by atoms with Crippen LogP contribution in [0.3, 0.4) is 0 Å². The monoisotopic (exact) mass is 439 g/mol. The molecule has 0 fully saturated rings. The van der Waals surface area contributed by atoms with Crippen LogP contribution in [0, 0.1) is 10.1 Å². The van der Waals surface area contributed by atoms with E-state index in [0.717, 1.165) is 16.6 Å². The van der Waals surface area contributed by atoms with Gasteiger partial charge < -0.3 is 10.0 Å². The van der Waals surface area contributed by atoms with E-state index in [-0.39, 0.29) is 29.4 Å². The quantitative estimate of drug-likeness (QED) is 0.574. The molecule has 1 amide bonds. The summed E-state index contributed by atoms with van der Waals surface area (Å²) in [5.41, 5.74) is 0.854. The minimum atomic E-state index is -3.66. The SMILES string of the molecule is CS(=O)(=O)N1Cc2ccccc2N(C(=O)c2ccc([N+](=O)[O-])cc2Cl)C[C@H]1CO. The molecule has 9 nitrogen and oxygen atoms in total. The number of carbonyl (C=O) groups excluding carboxylic acids is 1. The highest BCUT2D eigenvalue weighted by Gasteiger charge is 2.35. The number of aliphatic hydroxyl groups is 1. The summed E-state index contributed by atoms with van der Waals surface area (Å²) in [7, 11) is -3.66. The number of rotatable bonds is 4. The number of amides is 1. The van der Waals surface area contributed by atoms with Gasteiger partial charge in [0.2, 0.25) is 10.0 Å². The van der Waals surface area contributed by atoms with E-state index in [1.54, 1.807) is 24.3 Å². The second kappa shape index (κ2) is 8.07. The highest BCUT2D eigenvalue weighted by molar-refractivity contribution is 7.88. The zero-order chi connectivity index (χ0) is 21.3. The fourth-order valence-corrected chi connectivity index (χ4v) is 4.57. The lowest BCUT2D eigenvalue weighted by Crippen LogP contribution is -2.47. The largest absolute Gasteiger partial charge is 0.395 e. The highest BCUT2D eigenvalue weighted by atomic mass is 35.5. The van der Waals surface area contributed by atoms with E-state index >= 15 is 0 Å². The van der Waals surface area contributed by atoms with Crippen LogP contribution in [0.25, 0.3) is 0 Å². The Kier molecular flexibility index (Phi) is 5.90. The molecule has 0 saturated carbocycles. The smallest absolute Gasteiger partial charge is 0.270 e. The Bertz CT molecular complexity index is 1080. The summed E-state index contributed by atoms with van der Waals surface area (Å²) in [4.78, 5) is 24.9. The van der Waals surface area contributed by atoms with Gasteiger partial charge in [0.25, 0.3) is 11.6 Å². The van der Waals surface area contributed by atoms with Gasteiger partial charge in [-0.2, -0.15) is 4.31 Å². The van der Waals surface area contributed by atoms with Gasteiger partial charge in [-0.15, -0.1) is 0 Å². The van der Waals surface area contributed by atoms with Crippen LogP contribution in [0.2, 0.25) is 5.02 Å². The Hall–Kier alpha value is -2.53. The van der Waals surface area contributed by atoms with E-state index in [9.17, 15) is 28.4 Å². The summed E-state index contributed by atoms with van der Waals surface area (Å²) in [6.07, 6.45) is 1.04. The first-order valence-electron chi connectivity index (χ1n) is 8.55. The van der Waals surface area contributed by atoms with Crippen LogP contribution < -0.4 is 4.90 Å². The molecule has 1 heterocycles. The van der Waals surface area contributed by atoms with Crippen molar-refractivity contribution in [2.24, 2.45) is 0 Å². The van der Waals surface area contributed by atoms with Gasteiger partial charge in [-0.1, -0.05) is 29.8 Å². The molecule has 1 aliphatic rings. The molecule has 0 radical (unpaired) electrons. The molecule has 1 atom stereocenters. The lowest BCUT2D eigenvalue weighted by Gasteiger charge is -2.29. The number of halogens is 1. The average Bonchev–Trinajstić information content (AvgIpc) is 2.84. The van der Waals surface area contributed by atoms with Gasteiger partial charge in [-0.05, 0) is 17.7 Å². The van der Waals surface area contributed by atoms with Crippen molar-refractivity contribution in [3.63, 3.8) is 0 Å². The van der Waals surface area contributed by atoms with E-state index in [1.165, 1.54) is 17.0 Å². The van der Waals surface area contributed by atoms with Crippen molar-refractivity contribution in [2.45, 2.75) is 12.6 Å². The Labute approximate surface area is 172 Å². The molecule has 0 spiro atoms. The first-order chi connectivity index (χ1) is 13.6. The summed E-state index contributed by atoms with van der Waals surface area (Å²) in [6.45, 7) is -0.594. The van der Waals surface area contributed by atoms with Gasteiger partial charge in [-0.25, -0.2) is 8.42 Å². The lowest BCUT2D eigenvalue weighted by molar-refractivity contribution is -0.384. The van der Waals surface area contributed by atoms with E-state index in [1.807, 2.05) is 0 Å². The summed E-state index contributed by atoms with van der Waals surface area (Å²) < 4.78 is 25.6. The van der Waals surface area contributed by atoms with Crippen LogP contribution in [0.4, 0.5) is 11.4 Å². The van der Waals surface area contributed by atoms with Crippen molar-refractivity contribution in [1.29, 1.82) is 0 Å². The summed E-state index contributed by atoms with van der Waals surface area (Å²) >= 11 is 6.12. The maximum Gasteiger partial charge on any atom is 0.270 e. The van der Waals surface area contributed by atoms with Gasteiger partial charge >= 0.3 is 0 Å². The van der Waals surface area contributed by atoms with Gasteiger partial charge in [-0.3, -0.25) is 14.9 Å². The number of hydrogen-bond donors (Lipinski definition) is 1. The van der Waals surface area contributed by atoms with Crippen molar-refractivity contribution in [3.8, 4) is 0 Å². The Morgan fingerprint density at radius 3 is 2.59 bits per heavy atom. The number of carbonyl (C=O) groups is 1. The zero-order valence-electron chi connectivity index (χ0n) is 15.4. The molecule has 2 aromatic carbocycles. The number of non-ortho nitro benzene ring substituents is 1. The fourth-order valence-electron chi connectivity index (χ4n) is 3.27. The lowest BCUT2D eigenvalue weighted by atomic mass is 10.1.